The lowest BCUT2D eigenvalue weighted by Gasteiger charge is -2.07. The quantitative estimate of drug-likeness (QED) is 0.227. The van der Waals surface area contributed by atoms with Crippen molar-refractivity contribution in [2.75, 3.05) is 0 Å². The first-order valence-electron chi connectivity index (χ1n) is 11.4. The van der Waals surface area contributed by atoms with Crippen LogP contribution in [0.4, 0.5) is 0 Å². The van der Waals surface area contributed by atoms with Gasteiger partial charge in [0.25, 0.3) is 0 Å². The van der Waals surface area contributed by atoms with Gasteiger partial charge in [0.1, 0.15) is 11.5 Å². The molecule has 168 valence electrons. The van der Waals surface area contributed by atoms with Gasteiger partial charge in [0.15, 0.2) is 0 Å². The molecule has 0 spiro atoms. The number of aromatic hydroxyl groups is 1. The number of allylic oxidation sites excluding steroid dienone is 8. The molecule has 3 heteroatoms. The molecule has 0 atom stereocenters. The molecule has 1 N–H and O–H groups in total. The van der Waals surface area contributed by atoms with Gasteiger partial charge in [0.05, 0.1) is 6.42 Å². The van der Waals surface area contributed by atoms with Crippen molar-refractivity contribution in [3.8, 4) is 11.5 Å². The Bertz CT molecular complexity index is 893. The highest BCUT2D eigenvalue weighted by atomic mass is 16.5. The summed E-state index contributed by atoms with van der Waals surface area (Å²) in [6.07, 6.45) is 16.7. The molecule has 1 aliphatic heterocycles. The van der Waals surface area contributed by atoms with Gasteiger partial charge in [-0.3, -0.25) is 4.79 Å². The molecule has 0 unspecified atom stereocenters. The van der Waals surface area contributed by atoms with E-state index in [9.17, 15) is 9.90 Å². The molecule has 1 aromatic carbocycles. The lowest BCUT2D eigenvalue weighted by atomic mass is 10.0. The molecule has 0 aromatic heterocycles. The van der Waals surface area contributed by atoms with Crippen LogP contribution in [0, 0.1) is 0 Å². The Kier molecular flexibility index (Phi) is 9.84. The van der Waals surface area contributed by atoms with Crippen LogP contribution in [0.1, 0.15) is 84.3 Å². The number of carbonyl (C=O) groups is 1. The number of benzene rings is 1. The second-order valence-electron chi connectivity index (χ2n) is 9.00. The zero-order chi connectivity index (χ0) is 22.8. The van der Waals surface area contributed by atoms with Gasteiger partial charge >= 0.3 is 5.97 Å². The molecular weight excluding hydrogens is 384 g/mol. The van der Waals surface area contributed by atoms with Gasteiger partial charge in [-0.05, 0) is 91.7 Å². The van der Waals surface area contributed by atoms with Crippen molar-refractivity contribution in [2.45, 2.75) is 86.0 Å². The van der Waals surface area contributed by atoms with Crippen LogP contribution in [0.5, 0.6) is 11.5 Å². The van der Waals surface area contributed by atoms with Crippen molar-refractivity contribution in [1.82, 2.24) is 0 Å². The van der Waals surface area contributed by atoms with Gasteiger partial charge in [0.2, 0.25) is 0 Å². The summed E-state index contributed by atoms with van der Waals surface area (Å²) in [6, 6.07) is 3.31. The fourth-order valence-electron chi connectivity index (χ4n) is 3.73. The number of esters is 1. The second kappa shape index (κ2) is 12.3. The lowest BCUT2D eigenvalue weighted by Crippen LogP contribution is -2.01. The van der Waals surface area contributed by atoms with Crippen molar-refractivity contribution < 1.29 is 14.6 Å². The third-order valence-corrected chi connectivity index (χ3v) is 5.60. The average molecular weight is 423 g/mol. The van der Waals surface area contributed by atoms with Crippen molar-refractivity contribution in [1.29, 1.82) is 0 Å². The summed E-state index contributed by atoms with van der Waals surface area (Å²) < 4.78 is 5.33. The number of phenolic OH excluding ortho intramolecular Hbond substituents is 1. The van der Waals surface area contributed by atoms with E-state index < -0.39 is 0 Å². The Morgan fingerprint density at radius 1 is 0.871 bits per heavy atom. The molecule has 1 aromatic rings. The van der Waals surface area contributed by atoms with E-state index in [1.807, 2.05) is 0 Å². The SMILES string of the molecule is CC(C)=CCCC(C)=CCCC(C)=CCCC(C)=CCc1cc(O)cc2c1OC(=O)C2. The van der Waals surface area contributed by atoms with E-state index in [1.165, 1.54) is 22.3 Å². The highest BCUT2D eigenvalue weighted by Crippen LogP contribution is 2.34. The van der Waals surface area contributed by atoms with E-state index in [-0.39, 0.29) is 18.1 Å². The van der Waals surface area contributed by atoms with Gasteiger partial charge < -0.3 is 9.84 Å². The van der Waals surface area contributed by atoms with E-state index >= 15 is 0 Å². The first-order chi connectivity index (χ1) is 14.7. The van der Waals surface area contributed by atoms with E-state index in [1.54, 1.807) is 12.1 Å². The fourth-order valence-corrected chi connectivity index (χ4v) is 3.73. The summed E-state index contributed by atoms with van der Waals surface area (Å²) in [5.41, 5.74) is 7.28. The summed E-state index contributed by atoms with van der Waals surface area (Å²) in [5.74, 6) is 0.575. The predicted molar refractivity (Wildman–Crippen MR) is 130 cm³/mol. The number of ether oxygens (including phenoxy) is 1. The van der Waals surface area contributed by atoms with E-state index in [0.717, 1.165) is 49.7 Å². The largest absolute Gasteiger partial charge is 0.508 e. The topological polar surface area (TPSA) is 46.5 Å². The minimum Gasteiger partial charge on any atom is -0.508 e. The maximum absolute atomic E-state index is 11.6. The molecule has 0 bridgehead atoms. The highest BCUT2D eigenvalue weighted by Gasteiger charge is 2.23. The molecule has 2 rings (SSSR count). The van der Waals surface area contributed by atoms with Crippen LogP contribution in [0.15, 0.2) is 58.7 Å². The molecular formula is C28H38O3. The standard InChI is InChI=1S/C28H38O3/c1-20(2)9-6-10-21(3)11-7-12-22(4)13-8-14-23(5)15-16-24-17-26(29)18-25-19-27(30)31-28(24)25/h9,11,13,15,17-18,29H,6-8,10,12,14,16,19H2,1-5H3. The smallest absolute Gasteiger partial charge is 0.315 e. The van der Waals surface area contributed by atoms with Gasteiger partial charge in [-0.25, -0.2) is 0 Å². The number of hydrogen-bond donors (Lipinski definition) is 1. The normalized spacial score (nSPS) is 14.5. The maximum atomic E-state index is 11.6. The molecule has 31 heavy (non-hydrogen) atoms. The zero-order valence-corrected chi connectivity index (χ0v) is 19.9. The van der Waals surface area contributed by atoms with Crippen LogP contribution in [-0.4, -0.2) is 11.1 Å². The number of phenols is 1. The van der Waals surface area contributed by atoms with E-state index in [2.05, 4.69) is 58.9 Å². The lowest BCUT2D eigenvalue weighted by molar-refractivity contribution is -0.131. The Hall–Kier alpha value is -2.55. The average Bonchev–Trinajstić information content (AvgIpc) is 3.05. The number of carbonyl (C=O) groups excluding carboxylic acids is 1. The fraction of sp³-hybridized carbons (Fsp3) is 0.464. The van der Waals surface area contributed by atoms with Crippen molar-refractivity contribution in [2.24, 2.45) is 0 Å². The minimum atomic E-state index is -0.249. The molecule has 1 heterocycles. The van der Waals surface area contributed by atoms with Gasteiger partial charge in [-0.15, -0.1) is 0 Å². The maximum Gasteiger partial charge on any atom is 0.315 e. The van der Waals surface area contributed by atoms with Gasteiger partial charge in [0, 0.05) is 11.1 Å². The predicted octanol–water partition coefficient (Wildman–Crippen LogP) is 7.54. The molecule has 3 nitrogen and oxygen atoms in total. The van der Waals surface area contributed by atoms with Crippen LogP contribution in [-0.2, 0) is 17.6 Å². The Labute approximate surface area is 188 Å². The molecule has 0 saturated carbocycles. The van der Waals surface area contributed by atoms with E-state index in [4.69, 9.17) is 4.74 Å². The summed E-state index contributed by atoms with van der Waals surface area (Å²) in [5, 5.41) is 9.90. The summed E-state index contributed by atoms with van der Waals surface area (Å²) in [7, 11) is 0. The van der Waals surface area contributed by atoms with Crippen LogP contribution < -0.4 is 4.74 Å². The van der Waals surface area contributed by atoms with Crippen LogP contribution in [0.2, 0.25) is 0 Å². The monoisotopic (exact) mass is 422 g/mol. The van der Waals surface area contributed by atoms with E-state index in [0.29, 0.717) is 12.2 Å². The number of rotatable bonds is 11. The molecule has 0 aliphatic carbocycles. The van der Waals surface area contributed by atoms with Gasteiger partial charge in [-0.1, -0.05) is 46.6 Å². The number of hydrogen-bond acceptors (Lipinski definition) is 3. The van der Waals surface area contributed by atoms with Gasteiger partial charge in [-0.2, -0.15) is 0 Å². The Morgan fingerprint density at radius 3 is 2.00 bits per heavy atom. The van der Waals surface area contributed by atoms with Crippen molar-refractivity contribution >= 4 is 5.97 Å². The first kappa shape index (κ1) is 24.7. The summed E-state index contributed by atoms with van der Waals surface area (Å²) >= 11 is 0. The molecule has 0 saturated heterocycles. The highest BCUT2D eigenvalue weighted by molar-refractivity contribution is 5.82. The van der Waals surface area contributed by atoms with Crippen LogP contribution in [0.25, 0.3) is 0 Å². The van der Waals surface area contributed by atoms with Crippen molar-refractivity contribution in [3.05, 3.63) is 69.9 Å². The summed E-state index contributed by atoms with van der Waals surface area (Å²) in [6.45, 7) is 10.9. The van der Waals surface area contributed by atoms with Crippen LogP contribution in [0.3, 0.4) is 0 Å². The zero-order valence-electron chi connectivity index (χ0n) is 19.9. The minimum absolute atomic E-state index is 0.192. The molecule has 0 fully saturated rings. The van der Waals surface area contributed by atoms with Crippen molar-refractivity contribution in [3.63, 3.8) is 0 Å². The third kappa shape index (κ3) is 9.00. The second-order valence-corrected chi connectivity index (χ2v) is 9.00. The Morgan fingerprint density at radius 2 is 1.42 bits per heavy atom. The number of fused-ring (bicyclic) bond motifs is 1. The molecule has 0 amide bonds. The Balaban J connectivity index is 1.76. The molecule has 1 aliphatic rings. The first-order valence-corrected chi connectivity index (χ1v) is 11.4. The summed E-state index contributed by atoms with van der Waals surface area (Å²) in [4.78, 5) is 11.6. The van der Waals surface area contributed by atoms with Crippen LogP contribution >= 0.6 is 0 Å². The third-order valence-electron chi connectivity index (χ3n) is 5.60. The molecule has 0 radical (unpaired) electrons.